The van der Waals surface area contributed by atoms with Crippen molar-refractivity contribution in [3.05, 3.63) is 27.7 Å². The Hall–Kier alpha value is -0.920. The molecule has 0 bridgehead atoms. The summed E-state index contributed by atoms with van der Waals surface area (Å²) in [6, 6.07) is 3.44. The highest BCUT2D eigenvalue weighted by Crippen LogP contribution is 2.25. The van der Waals surface area contributed by atoms with Gasteiger partial charge in [0.2, 0.25) is 0 Å². The van der Waals surface area contributed by atoms with E-state index in [9.17, 15) is 9.59 Å². The van der Waals surface area contributed by atoms with Gasteiger partial charge < -0.3 is 15.7 Å². The van der Waals surface area contributed by atoms with Crippen molar-refractivity contribution in [1.29, 1.82) is 0 Å². The molecule has 2 amide bonds. The molecule has 0 saturated heterocycles. The zero-order valence-corrected chi connectivity index (χ0v) is 13.8. The van der Waals surface area contributed by atoms with E-state index in [1.807, 2.05) is 6.26 Å². The number of benzene rings is 1. The monoisotopic (exact) mass is 380 g/mol. The summed E-state index contributed by atoms with van der Waals surface area (Å²) in [5.41, 5.74) is 0.476. The molecule has 0 heterocycles. The van der Waals surface area contributed by atoms with Crippen LogP contribution in [-0.2, 0) is 4.79 Å². The molecule has 1 atom stereocenters. The predicted octanol–water partition coefficient (Wildman–Crippen LogP) is 3.43. The number of urea groups is 1. The summed E-state index contributed by atoms with van der Waals surface area (Å²) >= 11 is 10.6. The van der Waals surface area contributed by atoms with Gasteiger partial charge in [-0.3, -0.25) is 0 Å². The van der Waals surface area contributed by atoms with E-state index in [2.05, 4.69) is 26.6 Å². The smallest absolute Gasteiger partial charge is 0.326 e. The number of carboxylic acid groups (broad SMARTS) is 1. The zero-order chi connectivity index (χ0) is 15.1. The molecular formula is C12H14BrClN2O3S. The van der Waals surface area contributed by atoms with Gasteiger partial charge in [-0.15, -0.1) is 0 Å². The largest absolute Gasteiger partial charge is 0.480 e. The number of rotatable bonds is 6. The number of anilines is 1. The number of carboxylic acids is 1. The molecule has 20 heavy (non-hydrogen) atoms. The highest BCUT2D eigenvalue weighted by molar-refractivity contribution is 9.10. The van der Waals surface area contributed by atoms with Gasteiger partial charge in [0.05, 0.1) is 5.69 Å². The second-order valence-electron chi connectivity index (χ2n) is 3.89. The topological polar surface area (TPSA) is 78.4 Å². The molecule has 0 aliphatic heterocycles. The van der Waals surface area contributed by atoms with Crippen LogP contribution in [0.1, 0.15) is 6.42 Å². The Morgan fingerprint density at radius 2 is 2.20 bits per heavy atom. The molecule has 8 heteroatoms. The molecular weight excluding hydrogens is 368 g/mol. The average Bonchev–Trinajstić information content (AvgIpc) is 2.38. The van der Waals surface area contributed by atoms with E-state index in [0.29, 0.717) is 27.4 Å². The van der Waals surface area contributed by atoms with Crippen molar-refractivity contribution < 1.29 is 14.7 Å². The Morgan fingerprint density at radius 1 is 1.50 bits per heavy atom. The van der Waals surface area contributed by atoms with Gasteiger partial charge >= 0.3 is 12.0 Å². The maximum atomic E-state index is 11.8. The summed E-state index contributed by atoms with van der Waals surface area (Å²) in [6.45, 7) is 0. The van der Waals surface area contributed by atoms with Crippen LogP contribution < -0.4 is 10.6 Å². The lowest BCUT2D eigenvalue weighted by Crippen LogP contribution is -2.43. The minimum Gasteiger partial charge on any atom is -0.480 e. The van der Waals surface area contributed by atoms with E-state index < -0.39 is 18.0 Å². The van der Waals surface area contributed by atoms with Crippen molar-refractivity contribution in [1.82, 2.24) is 5.32 Å². The molecule has 5 nitrogen and oxygen atoms in total. The maximum Gasteiger partial charge on any atom is 0.326 e. The minimum atomic E-state index is -1.06. The maximum absolute atomic E-state index is 11.8. The van der Waals surface area contributed by atoms with Gasteiger partial charge in [0.25, 0.3) is 0 Å². The van der Waals surface area contributed by atoms with Crippen molar-refractivity contribution >= 4 is 57.0 Å². The number of amides is 2. The van der Waals surface area contributed by atoms with E-state index in [4.69, 9.17) is 16.7 Å². The minimum absolute atomic E-state index is 0.362. The molecule has 3 N–H and O–H groups in total. The molecule has 0 spiro atoms. The van der Waals surface area contributed by atoms with Gasteiger partial charge in [0.1, 0.15) is 6.04 Å². The van der Waals surface area contributed by atoms with Crippen LogP contribution in [0.15, 0.2) is 22.7 Å². The fourth-order valence-electron chi connectivity index (χ4n) is 1.40. The normalized spacial score (nSPS) is 11.8. The molecule has 1 rings (SSSR count). The van der Waals surface area contributed by atoms with Crippen LogP contribution in [-0.4, -0.2) is 35.2 Å². The third-order valence-corrected chi connectivity index (χ3v) is 3.96. The van der Waals surface area contributed by atoms with Crippen molar-refractivity contribution in [2.45, 2.75) is 12.5 Å². The first-order chi connectivity index (χ1) is 9.43. The van der Waals surface area contributed by atoms with Crippen LogP contribution in [0, 0.1) is 0 Å². The Labute approximate surface area is 134 Å². The Morgan fingerprint density at radius 3 is 2.80 bits per heavy atom. The number of halogens is 2. The van der Waals surface area contributed by atoms with Crippen molar-refractivity contribution in [3.8, 4) is 0 Å². The summed E-state index contributed by atoms with van der Waals surface area (Å²) in [5.74, 6) is -0.405. The molecule has 0 aliphatic carbocycles. The summed E-state index contributed by atoms with van der Waals surface area (Å²) < 4.78 is 0.660. The lowest BCUT2D eigenvalue weighted by molar-refractivity contribution is -0.139. The molecule has 0 aliphatic rings. The Balaban J connectivity index is 2.65. The molecule has 1 aromatic rings. The molecule has 0 aromatic heterocycles. The lowest BCUT2D eigenvalue weighted by Gasteiger charge is -2.15. The zero-order valence-electron chi connectivity index (χ0n) is 10.7. The number of hydrogen-bond acceptors (Lipinski definition) is 3. The van der Waals surface area contributed by atoms with Gasteiger partial charge in [-0.1, -0.05) is 11.6 Å². The molecule has 1 aromatic carbocycles. The van der Waals surface area contributed by atoms with E-state index in [-0.39, 0.29) is 0 Å². The molecule has 0 radical (unpaired) electrons. The number of nitrogens with one attached hydrogen (secondary N) is 2. The summed E-state index contributed by atoms with van der Waals surface area (Å²) in [4.78, 5) is 22.8. The van der Waals surface area contributed by atoms with E-state index in [0.717, 1.165) is 0 Å². The van der Waals surface area contributed by atoms with Gasteiger partial charge in [0, 0.05) is 9.50 Å². The summed E-state index contributed by atoms with van der Waals surface area (Å²) in [6.07, 6.45) is 2.24. The number of carbonyl (C=O) groups is 2. The fraction of sp³-hybridized carbons (Fsp3) is 0.333. The number of aliphatic carboxylic acids is 1. The molecule has 110 valence electrons. The lowest BCUT2D eigenvalue weighted by atomic mass is 10.2. The van der Waals surface area contributed by atoms with Crippen LogP contribution >= 0.6 is 39.3 Å². The van der Waals surface area contributed by atoms with Crippen molar-refractivity contribution in [2.24, 2.45) is 0 Å². The first-order valence-corrected chi connectivity index (χ1v) is 8.25. The quantitative estimate of drug-likeness (QED) is 0.705. The average molecular weight is 382 g/mol. The van der Waals surface area contributed by atoms with Gasteiger partial charge in [-0.25, -0.2) is 9.59 Å². The second-order valence-corrected chi connectivity index (χ2v) is 6.17. The first kappa shape index (κ1) is 17.1. The second kappa shape index (κ2) is 8.39. The highest BCUT2D eigenvalue weighted by Gasteiger charge is 2.19. The SMILES string of the molecule is CSCC[C@@H](NC(=O)Nc1cc(Cl)ccc1Br)C(=O)O. The Bertz CT molecular complexity index is 502. The summed E-state index contributed by atoms with van der Waals surface area (Å²) in [7, 11) is 0. The van der Waals surface area contributed by atoms with Gasteiger partial charge in [-0.05, 0) is 52.6 Å². The molecule has 0 unspecified atom stereocenters. The molecule has 0 fully saturated rings. The van der Waals surface area contributed by atoms with Crippen LogP contribution in [0.3, 0.4) is 0 Å². The predicted molar refractivity (Wildman–Crippen MR) is 85.7 cm³/mol. The number of hydrogen-bond donors (Lipinski definition) is 3. The van der Waals surface area contributed by atoms with Gasteiger partial charge in [0.15, 0.2) is 0 Å². The fourth-order valence-corrected chi connectivity index (χ4v) is 2.39. The third kappa shape index (κ3) is 5.60. The van der Waals surface area contributed by atoms with E-state index >= 15 is 0 Å². The first-order valence-electron chi connectivity index (χ1n) is 5.68. The van der Waals surface area contributed by atoms with E-state index in [1.165, 1.54) is 11.8 Å². The summed E-state index contributed by atoms with van der Waals surface area (Å²) in [5, 5.41) is 14.5. The van der Waals surface area contributed by atoms with Crippen LogP contribution in [0.2, 0.25) is 5.02 Å². The number of thioether (sulfide) groups is 1. The van der Waals surface area contributed by atoms with Crippen LogP contribution in [0.5, 0.6) is 0 Å². The van der Waals surface area contributed by atoms with E-state index in [1.54, 1.807) is 18.2 Å². The Kier molecular flexibility index (Phi) is 7.18. The number of carbonyl (C=O) groups excluding carboxylic acids is 1. The van der Waals surface area contributed by atoms with Crippen LogP contribution in [0.4, 0.5) is 10.5 Å². The molecule has 0 saturated carbocycles. The van der Waals surface area contributed by atoms with Gasteiger partial charge in [-0.2, -0.15) is 11.8 Å². The highest BCUT2D eigenvalue weighted by atomic mass is 79.9. The van der Waals surface area contributed by atoms with Crippen LogP contribution in [0.25, 0.3) is 0 Å². The standard InChI is InChI=1S/C12H14BrClN2O3S/c1-20-5-4-9(11(17)18)15-12(19)16-10-6-7(14)2-3-8(10)13/h2-3,6,9H,4-5H2,1H3,(H,17,18)(H2,15,16,19)/t9-/m1/s1. The van der Waals surface area contributed by atoms with Crippen molar-refractivity contribution in [2.75, 3.05) is 17.3 Å². The van der Waals surface area contributed by atoms with Crippen molar-refractivity contribution in [3.63, 3.8) is 0 Å². The third-order valence-electron chi connectivity index (χ3n) is 2.39.